The molecular formula is C19H30FN. The number of benzene rings is 1. The van der Waals surface area contributed by atoms with E-state index in [0.29, 0.717) is 17.8 Å². The van der Waals surface area contributed by atoms with Gasteiger partial charge in [0.25, 0.3) is 0 Å². The lowest BCUT2D eigenvalue weighted by Gasteiger charge is -2.27. The summed E-state index contributed by atoms with van der Waals surface area (Å²) in [5.74, 6) is 1.90. The van der Waals surface area contributed by atoms with Crippen LogP contribution in [-0.4, -0.2) is 13.1 Å². The van der Waals surface area contributed by atoms with Gasteiger partial charge in [0.05, 0.1) is 0 Å². The first kappa shape index (κ1) is 16.5. The summed E-state index contributed by atoms with van der Waals surface area (Å²) < 4.78 is 13.5. The van der Waals surface area contributed by atoms with Gasteiger partial charge in [-0.25, -0.2) is 4.39 Å². The van der Waals surface area contributed by atoms with Gasteiger partial charge in [0, 0.05) is 0 Å². The molecule has 0 aliphatic heterocycles. The second-order valence-corrected chi connectivity index (χ2v) is 7.07. The van der Waals surface area contributed by atoms with Crippen LogP contribution in [0.1, 0.15) is 63.0 Å². The molecule has 0 bridgehead atoms. The van der Waals surface area contributed by atoms with Crippen LogP contribution >= 0.6 is 0 Å². The van der Waals surface area contributed by atoms with Crippen molar-refractivity contribution in [2.75, 3.05) is 13.1 Å². The van der Waals surface area contributed by atoms with E-state index in [4.69, 9.17) is 0 Å². The standard InChI is InChI=1S/C19H30FN/c1-14(2)12-21-13-17-7-5-4-6-8-18(17)16-9-10-19(20)15(3)11-16/h9-11,14,17-18,21H,4-8,12-13H2,1-3H3. The molecule has 21 heavy (non-hydrogen) atoms. The zero-order chi connectivity index (χ0) is 15.2. The van der Waals surface area contributed by atoms with E-state index in [-0.39, 0.29) is 5.82 Å². The molecule has 1 aliphatic rings. The Kier molecular flexibility index (Phi) is 6.22. The summed E-state index contributed by atoms with van der Waals surface area (Å²) in [7, 11) is 0. The maximum atomic E-state index is 13.5. The first-order chi connectivity index (χ1) is 10.1. The molecule has 1 saturated carbocycles. The first-order valence-electron chi connectivity index (χ1n) is 8.54. The van der Waals surface area contributed by atoms with Crippen LogP contribution in [0.2, 0.25) is 0 Å². The number of rotatable bonds is 5. The average molecular weight is 291 g/mol. The number of nitrogens with one attached hydrogen (secondary N) is 1. The Bertz CT molecular complexity index is 441. The molecule has 1 nitrogen and oxygen atoms in total. The molecule has 1 fully saturated rings. The van der Waals surface area contributed by atoms with Crippen molar-refractivity contribution in [2.45, 2.75) is 58.8 Å². The van der Waals surface area contributed by atoms with Gasteiger partial charge < -0.3 is 5.32 Å². The smallest absolute Gasteiger partial charge is 0.126 e. The van der Waals surface area contributed by atoms with Gasteiger partial charge in [0.2, 0.25) is 0 Å². The van der Waals surface area contributed by atoms with E-state index < -0.39 is 0 Å². The van der Waals surface area contributed by atoms with Crippen molar-refractivity contribution in [3.05, 3.63) is 35.1 Å². The van der Waals surface area contributed by atoms with Crippen LogP contribution in [0.25, 0.3) is 0 Å². The highest BCUT2D eigenvalue weighted by molar-refractivity contribution is 5.27. The fraction of sp³-hybridized carbons (Fsp3) is 0.684. The Morgan fingerprint density at radius 1 is 1.19 bits per heavy atom. The quantitative estimate of drug-likeness (QED) is 0.749. The topological polar surface area (TPSA) is 12.0 Å². The average Bonchev–Trinajstić information content (AvgIpc) is 2.67. The van der Waals surface area contributed by atoms with Gasteiger partial charge in [0.15, 0.2) is 0 Å². The predicted octanol–water partition coefficient (Wildman–Crippen LogP) is 5.04. The SMILES string of the molecule is Cc1cc(C2CCCCCC2CNCC(C)C)ccc1F. The van der Waals surface area contributed by atoms with Crippen molar-refractivity contribution in [1.29, 1.82) is 0 Å². The Hall–Kier alpha value is -0.890. The monoisotopic (exact) mass is 291 g/mol. The number of aryl methyl sites for hydroxylation is 1. The minimum absolute atomic E-state index is 0.0816. The van der Waals surface area contributed by atoms with Crippen molar-refractivity contribution >= 4 is 0 Å². The molecule has 2 unspecified atom stereocenters. The van der Waals surface area contributed by atoms with Gasteiger partial charge in [-0.15, -0.1) is 0 Å². The fourth-order valence-corrected chi connectivity index (χ4v) is 3.52. The van der Waals surface area contributed by atoms with Gasteiger partial charge in [0.1, 0.15) is 5.82 Å². The predicted molar refractivity (Wildman–Crippen MR) is 88.2 cm³/mol. The lowest BCUT2D eigenvalue weighted by molar-refractivity contribution is 0.366. The van der Waals surface area contributed by atoms with E-state index in [0.717, 1.165) is 18.7 Å². The summed E-state index contributed by atoms with van der Waals surface area (Å²) >= 11 is 0. The summed E-state index contributed by atoms with van der Waals surface area (Å²) in [6.07, 6.45) is 6.54. The Morgan fingerprint density at radius 3 is 2.67 bits per heavy atom. The summed E-state index contributed by atoms with van der Waals surface area (Å²) in [5, 5.41) is 3.63. The third-order valence-corrected chi connectivity index (χ3v) is 4.73. The van der Waals surface area contributed by atoms with E-state index in [1.54, 1.807) is 6.07 Å². The third-order valence-electron chi connectivity index (χ3n) is 4.73. The summed E-state index contributed by atoms with van der Waals surface area (Å²) in [5.41, 5.74) is 2.12. The van der Waals surface area contributed by atoms with Crippen molar-refractivity contribution in [2.24, 2.45) is 11.8 Å². The second-order valence-electron chi connectivity index (χ2n) is 7.07. The molecular weight excluding hydrogens is 261 g/mol. The summed E-state index contributed by atoms with van der Waals surface area (Å²) in [6.45, 7) is 8.56. The van der Waals surface area contributed by atoms with E-state index >= 15 is 0 Å². The van der Waals surface area contributed by atoms with E-state index in [9.17, 15) is 4.39 Å². The van der Waals surface area contributed by atoms with Crippen molar-refractivity contribution in [1.82, 2.24) is 5.32 Å². The maximum Gasteiger partial charge on any atom is 0.126 e. The molecule has 2 heteroatoms. The van der Waals surface area contributed by atoms with Crippen LogP contribution in [0, 0.1) is 24.6 Å². The van der Waals surface area contributed by atoms with Gasteiger partial charge in [-0.05, 0) is 67.8 Å². The first-order valence-corrected chi connectivity index (χ1v) is 8.54. The molecule has 1 aromatic rings. The van der Waals surface area contributed by atoms with Crippen LogP contribution in [-0.2, 0) is 0 Å². The number of hydrogen-bond acceptors (Lipinski definition) is 1. The van der Waals surface area contributed by atoms with Crippen molar-refractivity contribution in [3.8, 4) is 0 Å². The lowest BCUT2D eigenvalue weighted by Crippen LogP contribution is -2.29. The highest BCUT2D eigenvalue weighted by Gasteiger charge is 2.25. The van der Waals surface area contributed by atoms with E-state index in [2.05, 4.69) is 25.2 Å². The number of hydrogen-bond donors (Lipinski definition) is 1. The zero-order valence-electron chi connectivity index (χ0n) is 13.8. The van der Waals surface area contributed by atoms with Crippen LogP contribution in [0.3, 0.4) is 0 Å². The molecule has 0 heterocycles. The third kappa shape index (κ3) is 4.81. The largest absolute Gasteiger partial charge is 0.316 e. The van der Waals surface area contributed by atoms with Crippen LogP contribution in [0.5, 0.6) is 0 Å². The Balaban J connectivity index is 2.09. The van der Waals surface area contributed by atoms with Crippen LogP contribution in [0.4, 0.5) is 4.39 Å². The molecule has 2 atom stereocenters. The summed E-state index contributed by atoms with van der Waals surface area (Å²) in [4.78, 5) is 0. The Morgan fingerprint density at radius 2 is 1.95 bits per heavy atom. The van der Waals surface area contributed by atoms with Crippen molar-refractivity contribution in [3.63, 3.8) is 0 Å². The van der Waals surface area contributed by atoms with Gasteiger partial charge in [-0.3, -0.25) is 0 Å². The maximum absolute atomic E-state index is 13.5. The minimum Gasteiger partial charge on any atom is -0.316 e. The van der Waals surface area contributed by atoms with Gasteiger partial charge in [-0.1, -0.05) is 45.2 Å². The van der Waals surface area contributed by atoms with E-state index in [1.165, 1.54) is 37.7 Å². The highest BCUT2D eigenvalue weighted by Crippen LogP contribution is 2.36. The van der Waals surface area contributed by atoms with Gasteiger partial charge >= 0.3 is 0 Å². The molecule has 0 radical (unpaired) electrons. The Labute approximate surface area is 129 Å². The van der Waals surface area contributed by atoms with Gasteiger partial charge in [-0.2, -0.15) is 0 Å². The lowest BCUT2D eigenvalue weighted by atomic mass is 9.82. The fourth-order valence-electron chi connectivity index (χ4n) is 3.52. The molecule has 0 aromatic heterocycles. The number of halogens is 1. The molecule has 1 N–H and O–H groups in total. The summed E-state index contributed by atoms with van der Waals surface area (Å²) in [6, 6.07) is 5.72. The molecule has 1 aromatic carbocycles. The molecule has 0 saturated heterocycles. The van der Waals surface area contributed by atoms with E-state index in [1.807, 2.05) is 13.0 Å². The molecule has 118 valence electrons. The molecule has 0 amide bonds. The van der Waals surface area contributed by atoms with Crippen LogP contribution < -0.4 is 5.32 Å². The van der Waals surface area contributed by atoms with Crippen molar-refractivity contribution < 1.29 is 4.39 Å². The highest BCUT2D eigenvalue weighted by atomic mass is 19.1. The molecule has 1 aliphatic carbocycles. The van der Waals surface area contributed by atoms with Crippen LogP contribution in [0.15, 0.2) is 18.2 Å². The molecule has 2 rings (SSSR count). The molecule has 0 spiro atoms. The minimum atomic E-state index is -0.0816. The zero-order valence-corrected chi connectivity index (χ0v) is 13.8. The second kappa shape index (κ2) is 7.93. The normalized spacial score (nSPS) is 23.3.